The average Bonchev–Trinajstić information content (AvgIpc) is 2.46. The molecule has 20 heavy (non-hydrogen) atoms. The molecule has 0 aromatic heterocycles. The molecule has 0 aliphatic rings. The van der Waals surface area contributed by atoms with Crippen molar-refractivity contribution in [3.8, 4) is 17.2 Å². The van der Waals surface area contributed by atoms with Gasteiger partial charge in [-0.25, -0.2) is 0 Å². The predicted molar refractivity (Wildman–Crippen MR) is 82.6 cm³/mol. The van der Waals surface area contributed by atoms with Crippen LogP contribution in [-0.4, -0.2) is 33.7 Å². The zero-order valence-electron chi connectivity index (χ0n) is 12.9. The van der Waals surface area contributed by atoms with Crippen molar-refractivity contribution in [3.63, 3.8) is 0 Å². The van der Waals surface area contributed by atoms with Crippen molar-refractivity contribution in [2.24, 2.45) is 4.99 Å². The Morgan fingerprint density at radius 2 is 1.65 bits per heavy atom. The van der Waals surface area contributed by atoms with Gasteiger partial charge in [-0.1, -0.05) is 6.92 Å². The van der Waals surface area contributed by atoms with E-state index in [1.54, 1.807) is 21.3 Å². The first-order chi connectivity index (χ1) is 9.69. The molecular formula is C15H24N2O3. The maximum Gasteiger partial charge on any atom is 0.203 e. The molecule has 0 atom stereocenters. The van der Waals surface area contributed by atoms with Gasteiger partial charge in [0.25, 0.3) is 0 Å². The fourth-order valence-electron chi connectivity index (χ4n) is 1.93. The maximum absolute atomic E-state index is 5.34. The van der Waals surface area contributed by atoms with E-state index in [0.29, 0.717) is 17.2 Å². The number of rotatable bonds is 7. The van der Waals surface area contributed by atoms with Crippen molar-refractivity contribution >= 4 is 11.5 Å². The monoisotopic (exact) mass is 280 g/mol. The van der Waals surface area contributed by atoms with E-state index in [1.807, 2.05) is 19.1 Å². The van der Waals surface area contributed by atoms with Crippen LogP contribution in [0.4, 0.5) is 5.69 Å². The summed E-state index contributed by atoms with van der Waals surface area (Å²) in [4.78, 5) is 4.46. The van der Waals surface area contributed by atoms with Crippen LogP contribution in [0.15, 0.2) is 17.1 Å². The fraction of sp³-hybridized carbons (Fsp3) is 0.533. The van der Waals surface area contributed by atoms with Gasteiger partial charge in [-0.2, -0.15) is 0 Å². The second kappa shape index (κ2) is 8.30. The van der Waals surface area contributed by atoms with Crippen LogP contribution in [0.25, 0.3) is 0 Å². The lowest BCUT2D eigenvalue weighted by Crippen LogP contribution is -2.12. The molecule has 0 bridgehead atoms. The smallest absolute Gasteiger partial charge is 0.203 e. The van der Waals surface area contributed by atoms with E-state index >= 15 is 0 Å². The number of hydrogen-bond acceptors (Lipinski definition) is 4. The number of aliphatic imine (C=N–C) groups is 1. The summed E-state index contributed by atoms with van der Waals surface area (Å²) in [6, 6.07) is 3.75. The molecule has 1 aromatic rings. The second-order valence-corrected chi connectivity index (χ2v) is 4.21. The Balaban J connectivity index is 3.09. The minimum absolute atomic E-state index is 0.588. The summed E-state index contributed by atoms with van der Waals surface area (Å²) < 4.78 is 16.0. The lowest BCUT2D eigenvalue weighted by Gasteiger charge is -2.15. The normalized spacial score (nSPS) is 11.2. The van der Waals surface area contributed by atoms with Crippen LogP contribution in [0.1, 0.15) is 26.7 Å². The van der Waals surface area contributed by atoms with Crippen LogP contribution in [0.5, 0.6) is 17.2 Å². The van der Waals surface area contributed by atoms with Gasteiger partial charge in [0.15, 0.2) is 11.5 Å². The average molecular weight is 280 g/mol. The van der Waals surface area contributed by atoms with Crippen LogP contribution >= 0.6 is 0 Å². The van der Waals surface area contributed by atoms with E-state index in [2.05, 4.69) is 17.2 Å². The molecular weight excluding hydrogens is 256 g/mol. The van der Waals surface area contributed by atoms with Crippen molar-refractivity contribution in [1.29, 1.82) is 0 Å². The summed E-state index contributed by atoms with van der Waals surface area (Å²) in [5.41, 5.74) is 0.875. The molecule has 0 heterocycles. The lowest BCUT2D eigenvalue weighted by molar-refractivity contribution is 0.324. The summed E-state index contributed by atoms with van der Waals surface area (Å²) in [6.45, 7) is 4.90. The predicted octanol–water partition coefficient (Wildman–Crippen LogP) is 3.34. The molecule has 1 N–H and O–H groups in total. The number of ether oxygens (including phenoxy) is 3. The molecule has 0 aliphatic carbocycles. The largest absolute Gasteiger partial charge is 0.493 e. The third-order valence-corrected chi connectivity index (χ3v) is 2.79. The van der Waals surface area contributed by atoms with Gasteiger partial charge in [0.2, 0.25) is 5.75 Å². The van der Waals surface area contributed by atoms with Gasteiger partial charge in [-0.15, -0.1) is 0 Å². The molecule has 112 valence electrons. The topological polar surface area (TPSA) is 52.1 Å². The number of hydrogen-bond donors (Lipinski definition) is 1. The lowest BCUT2D eigenvalue weighted by atomic mass is 10.2. The molecule has 5 heteroatoms. The standard InChI is InChI=1S/C15H24N2O3/c1-6-8-14(16-7-2)17-11-9-12(18-3)15(20-5)13(10-11)19-4/h9-10H,6-8H2,1-5H3,(H,16,17). The van der Waals surface area contributed by atoms with E-state index in [-0.39, 0.29) is 0 Å². The first-order valence-corrected chi connectivity index (χ1v) is 6.80. The van der Waals surface area contributed by atoms with Gasteiger partial charge in [-0.3, -0.25) is 4.99 Å². The molecule has 0 saturated carbocycles. The van der Waals surface area contributed by atoms with E-state index < -0.39 is 0 Å². The van der Waals surface area contributed by atoms with Gasteiger partial charge >= 0.3 is 0 Å². The van der Waals surface area contributed by atoms with Gasteiger partial charge in [0.05, 0.1) is 21.3 Å². The first kappa shape index (κ1) is 16.1. The minimum atomic E-state index is 0.588. The Bertz CT molecular complexity index is 433. The highest BCUT2D eigenvalue weighted by atomic mass is 16.5. The van der Waals surface area contributed by atoms with Crippen molar-refractivity contribution in [1.82, 2.24) is 0 Å². The first-order valence-electron chi connectivity index (χ1n) is 6.80. The second-order valence-electron chi connectivity index (χ2n) is 4.21. The molecule has 0 radical (unpaired) electrons. The zero-order valence-corrected chi connectivity index (χ0v) is 12.9. The van der Waals surface area contributed by atoms with Crippen molar-refractivity contribution in [3.05, 3.63) is 12.1 Å². The molecule has 0 fully saturated rings. The summed E-state index contributed by atoms with van der Waals surface area (Å²) in [5.74, 6) is 2.80. The van der Waals surface area contributed by atoms with Crippen LogP contribution in [0.2, 0.25) is 0 Å². The van der Waals surface area contributed by atoms with Crippen LogP contribution in [0, 0.1) is 0 Å². The van der Waals surface area contributed by atoms with Gasteiger partial charge in [0, 0.05) is 30.8 Å². The molecule has 1 rings (SSSR count). The van der Waals surface area contributed by atoms with Gasteiger partial charge in [0.1, 0.15) is 5.84 Å². The quantitative estimate of drug-likeness (QED) is 0.615. The SMILES string of the molecule is CCCC(=NCC)Nc1cc(OC)c(OC)c(OC)c1. The summed E-state index contributed by atoms with van der Waals surface area (Å²) in [7, 11) is 4.80. The van der Waals surface area contributed by atoms with E-state index in [9.17, 15) is 0 Å². The van der Waals surface area contributed by atoms with Crippen LogP contribution in [-0.2, 0) is 0 Å². The Hall–Kier alpha value is -1.91. The number of nitrogens with zero attached hydrogens (tertiary/aromatic N) is 1. The molecule has 0 amide bonds. The minimum Gasteiger partial charge on any atom is -0.493 e. The molecule has 0 aliphatic heterocycles. The highest BCUT2D eigenvalue weighted by Crippen LogP contribution is 2.39. The van der Waals surface area contributed by atoms with Crippen molar-refractivity contribution < 1.29 is 14.2 Å². The van der Waals surface area contributed by atoms with Crippen LogP contribution < -0.4 is 19.5 Å². The Morgan fingerprint density at radius 3 is 2.05 bits per heavy atom. The highest BCUT2D eigenvalue weighted by molar-refractivity contribution is 5.96. The number of benzene rings is 1. The van der Waals surface area contributed by atoms with E-state index in [0.717, 1.165) is 30.9 Å². The maximum atomic E-state index is 5.34. The number of amidine groups is 1. The molecule has 1 aromatic carbocycles. The molecule has 5 nitrogen and oxygen atoms in total. The zero-order chi connectivity index (χ0) is 15.0. The van der Waals surface area contributed by atoms with Crippen molar-refractivity contribution in [2.75, 3.05) is 33.2 Å². The molecule has 0 unspecified atom stereocenters. The van der Waals surface area contributed by atoms with E-state index in [1.165, 1.54) is 0 Å². The molecule has 0 saturated heterocycles. The summed E-state index contributed by atoms with van der Waals surface area (Å²) in [5, 5.41) is 3.32. The summed E-state index contributed by atoms with van der Waals surface area (Å²) >= 11 is 0. The van der Waals surface area contributed by atoms with E-state index in [4.69, 9.17) is 14.2 Å². The Labute approximate surface area is 121 Å². The van der Waals surface area contributed by atoms with Crippen molar-refractivity contribution in [2.45, 2.75) is 26.7 Å². The highest BCUT2D eigenvalue weighted by Gasteiger charge is 2.13. The van der Waals surface area contributed by atoms with Gasteiger partial charge < -0.3 is 19.5 Å². The third kappa shape index (κ3) is 4.05. The number of nitrogens with one attached hydrogen (secondary N) is 1. The third-order valence-electron chi connectivity index (χ3n) is 2.79. The fourth-order valence-corrected chi connectivity index (χ4v) is 1.93. The number of anilines is 1. The van der Waals surface area contributed by atoms with Crippen LogP contribution in [0.3, 0.4) is 0 Å². The van der Waals surface area contributed by atoms with Gasteiger partial charge in [-0.05, 0) is 13.3 Å². The Morgan fingerprint density at radius 1 is 1.05 bits per heavy atom. The number of methoxy groups -OCH3 is 3. The molecule has 0 spiro atoms. The Kier molecular flexibility index (Phi) is 6.70. The summed E-state index contributed by atoms with van der Waals surface area (Å²) in [6.07, 6.45) is 1.95.